The van der Waals surface area contributed by atoms with Gasteiger partial charge in [-0.05, 0) is 31.4 Å². The molecule has 1 N–H and O–H groups in total. The number of nitrogens with zero attached hydrogens (tertiary/aromatic N) is 3. The minimum atomic E-state index is 0.180. The van der Waals surface area contributed by atoms with Crippen LogP contribution in [0.5, 0.6) is 0 Å². The SMILES string of the molecule is CCNc1nc(N(C)C(C)C(C)(C)C)c2ccccc2n1. The second kappa shape index (κ2) is 5.88. The standard InChI is InChI=1S/C17H26N4/c1-7-18-16-19-14-11-9-8-10-13(14)15(20-16)21(6)12(2)17(3,4)5/h8-12H,7H2,1-6H3,(H,18,19,20). The molecule has 0 saturated carbocycles. The minimum absolute atomic E-state index is 0.180. The second-order valence-electron chi connectivity index (χ2n) is 6.57. The molecule has 0 spiro atoms. The van der Waals surface area contributed by atoms with Crippen LogP contribution in [0.3, 0.4) is 0 Å². The molecule has 0 radical (unpaired) electrons. The number of aromatic nitrogens is 2. The van der Waals surface area contributed by atoms with Crippen LogP contribution >= 0.6 is 0 Å². The quantitative estimate of drug-likeness (QED) is 0.924. The summed E-state index contributed by atoms with van der Waals surface area (Å²) in [5.74, 6) is 1.68. The molecule has 0 saturated heterocycles. The lowest BCUT2D eigenvalue weighted by molar-refractivity contribution is 0.329. The fourth-order valence-corrected chi connectivity index (χ4v) is 2.33. The van der Waals surface area contributed by atoms with Crippen LogP contribution in [0.15, 0.2) is 24.3 Å². The molecule has 4 nitrogen and oxygen atoms in total. The third kappa shape index (κ3) is 3.26. The van der Waals surface area contributed by atoms with Crippen LogP contribution in [0.25, 0.3) is 10.9 Å². The molecule has 0 fully saturated rings. The first-order valence-corrected chi connectivity index (χ1v) is 7.58. The van der Waals surface area contributed by atoms with Crippen LogP contribution in [0.2, 0.25) is 0 Å². The van der Waals surface area contributed by atoms with E-state index in [2.05, 4.69) is 62.9 Å². The van der Waals surface area contributed by atoms with E-state index >= 15 is 0 Å². The van der Waals surface area contributed by atoms with E-state index in [0.717, 1.165) is 23.3 Å². The first kappa shape index (κ1) is 15.5. The van der Waals surface area contributed by atoms with E-state index in [-0.39, 0.29) is 5.41 Å². The molecule has 0 aliphatic carbocycles. The Hall–Kier alpha value is -1.84. The van der Waals surface area contributed by atoms with Crippen LogP contribution < -0.4 is 10.2 Å². The van der Waals surface area contributed by atoms with E-state index in [0.29, 0.717) is 12.0 Å². The number of para-hydroxylation sites is 1. The zero-order valence-electron chi connectivity index (χ0n) is 13.9. The lowest BCUT2D eigenvalue weighted by atomic mass is 9.87. The lowest BCUT2D eigenvalue weighted by Gasteiger charge is -2.36. The van der Waals surface area contributed by atoms with Crippen LogP contribution in [-0.4, -0.2) is 29.6 Å². The minimum Gasteiger partial charge on any atom is -0.356 e. The van der Waals surface area contributed by atoms with E-state index in [9.17, 15) is 0 Å². The van der Waals surface area contributed by atoms with Crippen molar-refractivity contribution in [1.82, 2.24) is 9.97 Å². The van der Waals surface area contributed by atoms with Crippen LogP contribution in [-0.2, 0) is 0 Å². The highest BCUT2D eigenvalue weighted by Crippen LogP contribution is 2.31. The summed E-state index contributed by atoms with van der Waals surface area (Å²) in [6, 6.07) is 8.55. The number of hydrogen-bond acceptors (Lipinski definition) is 4. The zero-order valence-corrected chi connectivity index (χ0v) is 13.9. The molecule has 4 heteroatoms. The number of anilines is 2. The molecule has 0 aliphatic heterocycles. The van der Waals surface area contributed by atoms with Gasteiger partial charge in [-0.1, -0.05) is 32.9 Å². The Morgan fingerprint density at radius 2 is 1.86 bits per heavy atom. The molecular formula is C17H26N4. The molecule has 0 bridgehead atoms. The van der Waals surface area contributed by atoms with Crippen LogP contribution in [0.4, 0.5) is 11.8 Å². The Morgan fingerprint density at radius 1 is 1.19 bits per heavy atom. The third-order valence-corrected chi connectivity index (χ3v) is 4.09. The van der Waals surface area contributed by atoms with Crippen molar-refractivity contribution in [2.24, 2.45) is 5.41 Å². The van der Waals surface area contributed by atoms with Crippen LogP contribution in [0.1, 0.15) is 34.6 Å². The highest BCUT2D eigenvalue weighted by Gasteiger charge is 2.26. The Morgan fingerprint density at radius 3 is 2.48 bits per heavy atom. The van der Waals surface area contributed by atoms with Gasteiger partial charge in [0.2, 0.25) is 5.95 Å². The molecule has 2 rings (SSSR count). The van der Waals surface area contributed by atoms with Crippen molar-refractivity contribution in [3.8, 4) is 0 Å². The molecule has 21 heavy (non-hydrogen) atoms. The van der Waals surface area contributed by atoms with Gasteiger partial charge < -0.3 is 10.2 Å². The van der Waals surface area contributed by atoms with Gasteiger partial charge in [0.15, 0.2) is 0 Å². The summed E-state index contributed by atoms with van der Waals surface area (Å²) in [5, 5.41) is 4.32. The van der Waals surface area contributed by atoms with Gasteiger partial charge in [0.25, 0.3) is 0 Å². The van der Waals surface area contributed by atoms with Gasteiger partial charge in [-0.2, -0.15) is 4.98 Å². The molecule has 1 unspecified atom stereocenters. The number of fused-ring (bicyclic) bond motifs is 1. The van der Waals surface area contributed by atoms with Crippen molar-refractivity contribution < 1.29 is 0 Å². The Kier molecular flexibility index (Phi) is 4.35. The number of rotatable bonds is 4. The zero-order chi connectivity index (χ0) is 15.6. The van der Waals surface area contributed by atoms with Gasteiger partial charge in [-0.3, -0.25) is 0 Å². The highest BCUT2D eigenvalue weighted by atomic mass is 15.2. The normalized spacial score (nSPS) is 13.2. The van der Waals surface area contributed by atoms with E-state index in [4.69, 9.17) is 4.98 Å². The van der Waals surface area contributed by atoms with Gasteiger partial charge in [0.05, 0.1) is 5.52 Å². The summed E-state index contributed by atoms with van der Waals surface area (Å²) in [6.45, 7) is 11.9. The molecule has 1 aromatic heterocycles. The van der Waals surface area contributed by atoms with Crippen molar-refractivity contribution in [3.05, 3.63) is 24.3 Å². The maximum atomic E-state index is 4.73. The Balaban J connectivity index is 2.55. The summed E-state index contributed by atoms with van der Waals surface area (Å²) >= 11 is 0. The topological polar surface area (TPSA) is 41.1 Å². The lowest BCUT2D eigenvalue weighted by Crippen LogP contribution is -2.40. The average Bonchev–Trinajstić information content (AvgIpc) is 2.44. The average molecular weight is 286 g/mol. The second-order valence-corrected chi connectivity index (χ2v) is 6.57. The Bertz CT molecular complexity index is 616. The van der Waals surface area contributed by atoms with Crippen molar-refractivity contribution in [1.29, 1.82) is 0 Å². The van der Waals surface area contributed by atoms with Crippen molar-refractivity contribution in [2.75, 3.05) is 23.8 Å². The maximum Gasteiger partial charge on any atom is 0.225 e. The largest absolute Gasteiger partial charge is 0.356 e. The monoisotopic (exact) mass is 286 g/mol. The smallest absolute Gasteiger partial charge is 0.225 e. The molecule has 2 aromatic rings. The fourth-order valence-electron chi connectivity index (χ4n) is 2.33. The molecule has 1 atom stereocenters. The third-order valence-electron chi connectivity index (χ3n) is 4.09. The summed E-state index contributed by atoms with van der Waals surface area (Å²) < 4.78 is 0. The predicted molar refractivity (Wildman–Crippen MR) is 91.0 cm³/mol. The van der Waals surface area contributed by atoms with Crippen LogP contribution in [0, 0.1) is 5.41 Å². The molecule has 1 aromatic carbocycles. The van der Waals surface area contributed by atoms with E-state index in [1.165, 1.54) is 0 Å². The summed E-state index contributed by atoms with van der Waals surface area (Å²) in [5.41, 5.74) is 1.16. The van der Waals surface area contributed by atoms with Crippen molar-refractivity contribution >= 4 is 22.7 Å². The molecule has 114 valence electrons. The maximum absolute atomic E-state index is 4.73. The molecule has 0 aliphatic rings. The van der Waals surface area contributed by atoms with E-state index in [1.807, 2.05) is 18.2 Å². The van der Waals surface area contributed by atoms with Crippen molar-refractivity contribution in [3.63, 3.8) is 0 Å². The first-order valence-electron chi connectivity index (χ1n) is 7.58. The Labute approximate surface area is 127 Å². The number of benzene rings is 1. The predicted octanol–water partition coefficient (Wildman–Crippen LogP) is 3.93. The van der Waals surface area contributed by atoms with Gasteiger partial charge in [-0.15, -0.1) is 0 Å². The molecular weight excluding hydrogens is 260 g/mol. The van der Waals surface area contributed by atoms with Gasteiger partial charge in [0.1, 0.15) is 5.82 Å². The number of nitrogens with one attached hydrogen (secondary N) is 1. The molecule has 1 heterocycles. The molecule has 0 amide bonds. The first-order chi connectivity index (χ1) is 9.84. The summed E-state index contributed by atoms with van der Waals surface area (Å²) in [4.78, 5) is 11.6. The highest BCUT2D eigenvalue weighted by molar-refractivity contribution is 5.90. The summed E-state index contributed by atoms with van der Waals surface area (Å²) in [7, 11) is 2.11. The van der Waals surface area contributed by atoms with Crippen molar-refractivity contribution in [2.45, 2.75) is 40.7 Å². The van der Waals surface area contributed by atoms with Gasteiger partial charge >= 0.3 is 0 Å². The van der Waals surface area contributed by atoms with E-state index in [1.54, 1.807) is 0 Å². The number of hydrogen-bond donors (Lipinski definition) is 1. The van der Waals surface area contributed by atoms with Gasteiger partial charge in [-0.25, -0.2) is 4.98 Å². The van der Waals surface area contributed by atoms with E-state index < -0.39 is 0 Å². The summed E-state index contributed by atoms with van der Waals surface area (Å²) in [6.07, 6.45) is 0. The van der Waals surface area contributed by atoms with Gasteiger partial charge in [0, 0.05) is 25.0 Å². The fraction of sp³-hybridized carbons (Fsp3) is 0.529.